The summed E-state index contributed by atoms with van der Waals surface area (Å²) >= 11 is 0. The van der Waals surface area contributed by atoms with Gasteiger partial charge in [-0.2, -0.15) is 4.31 Å². The van der Waals surface area contributed by atoms with Gasteiger partial charge in [0.25, 0.3) is 5.91 Å². The molecule has 0 aliphatic carbocycles. The molecule has 0 radical (unpaired) electrons. The summed E-state index contributed by atoms with van der Waals surface area (Å²) in [6, 6.07) is 8.15. The molecule has 2 amide bonds. The van der Waals surface area contributed by atoms with E-state index in [0.29, 0.717) is 48.3 Å². The molecule has 1 aliphatic heterocycles. The van der Waals surface area contributed by atoms with E-state index in [4.69, 9.17) is 4.74 Å². The number of methoxy groups -OCH3 is 1. The number of nitrogens with zero attached hydrogens (tertiary/aromatic N) is 2. The Kier molecular flexibility index (Phi) is 6.21. The lowest BCUT2D eigenvalue weighted by Crippen LogP contribution is -2.40. The maximum absolute atomic E-state index is 13.1. The topological polar surface area (TPSA) is 96.0 Å². The Labute approximate surface area is 170 Å². The number of carbonyl (C=O) groups excluding carboxylic acids is 2. The van der Waals surface area contributed by atoms with Crippen molar-refractivity contribution in [1.82, 2.24) is 9.62 Å². The van der Waals surface area contributed by atoms with E-state index in [1.54, 1.807) is 38.1 Å². The molecule has 1 aliphatic rings. The third kappa shape index (κ3) is 3.73. The van der Waals surface area contributed by atoms with E-state index in [9.17, 15) is 18.0 Å². The molecule has 0 saturated carbocycles. The predicted molar refractivity (Wildman–Crippen MR) is 111 cm³/mol. The third-order valence-electron chi connectivity index (χ3n) is 5.00. The lowest BCUT2D eigenvalue weighted by atomic mass is 10.1. The fourth-order valence-corrected chi connectivity index (χ4v) is 5.24. The van der Waals surface area contributed by atoms with Crippen LogP contribution in [0.25, 0.3) is 10.8 Å². The summed E-state index contributed by atoms with van der Waals surface area (Å²) < 4.78 is 32.5. The van der Waals surface area contributed by atoms with Crippen LogP contribution in [0.2, 0.25) is 0 Å². The van der Waals surface area contributed by atoms with Crippen LogP contribution in [0.1, 0.15) is 24.2 Å². The fraction of sp³-hybridized carbons (Fsp3) is 0.400. The average molecular weight is 420 g/mol. The highest BCUT2D eigenvalue weighted by Crippen LogP contribution is 2.40. The monoisotopic (exact) mass is 419 g/mol. The molecule has 156 valence electrons. The second kappa shape index (κ2) is 8.48. The van der Waals surface area contributed by atoms with E-state index in [1.807, 2.05) is 0 Å². The van der Waals surface area contributed by atoms with Gasteiger partial charge in [0.15, 0.2) is 0 Å². The molecular formula is C20H25N3O5S. The van der Waals surface area contributed by atoms with Crippen LogP contribution in [-0.4, -0.2) is 64.4 Å². The van der Waals surface area contributed by atoms with Crippen molar-refractivity contribution in [1.29, 1.82) is 0 Å². The number of ether oxygens (including phenoxy) is 1. The first-order valence-electron chi connectivity index (χ1n) is 9.50. The maximum Gasteiger partial charge on any atom is 0.259 e. The van der Waals surface area contributed by atoms with E-state index < -0.39 is 10.0 Å². The van der Waals surface area contributed by atoms with Gasteiger partial charge in [0.1, 0.15) is 6.54 Å². The summed E-state index contributed by atoms with van der Waals surface area (Å²) in [4.78, 5) is 26.7. The molecule has 0 bridgehead atoms. The number of benzene rings is 2. The molecule has 0 saturated heterocycles. The van der Waals surface area contributed by atoms with Gasteiger partial charge < -0.3 is 10.1 Å². The standard InChI is InChI=1S/C20H25N3O5S/c1-4-22(5-2)29(26,27)17-10-9-16-19-14(17)7-6-8-15(19)20(25)23(16)13-18(24)21-11-12-28-3/h6-10H,4-5,11-13H2,1-3H3,(H,21,24). The Bertz CT molecular complexity index is 1050. The van der Waals surface area contributed by atoms with Crippen molar-refractivity contribution in [3.8, 4) is 0 Å². The SMILES string of the molecule is CCN(CC)S(=O)(=O)c1ccc2c3c(cccc13)C(=O)N2CC(=O)NCCOC. The molecule has 1 N–H and O–H groups in total. The van der Waals surface area contributed by atoms with Crippen molar-refractivity contribution in [3.63, 3.8) is 0 Å². The zero-order valence-corrected chi connectivity index (χ0v) is 17.6. The van der Waals surface area contributed by atoms with Crippen LogP contribution in [-0.2, 0) is 19.6 Å². The lowest BCUT2D eigenvalue weighted by molar-refractivity contribution is -0.119. The minimum Gasteiger partial charge on any atom is -0.383 e. The molecule has 2 aromatic carbocycles. The van der Waals surface area contributed by atoms with Gasteiger partial charge in [0, 0.05) is 43.1 Å². The minimum absolute atomic E-state index is 0.144. The molecular weight excluding hydrogens is 394 g/mol. The van der Waals surface area contributed by atoms with E-state index in [2.05, 4.69) is 5.32 Å². The van der Waals surface area contributed by atoms with Crippen LogP contribution in [0.15, 0.2) is 35.2 Å². The quantitative estimate of drug-likeness (QED) is 0.623. The highest BCUT2D eigenvalue weighted by molar-refractivity contribution is 7.89. The Balaban J connectivity index is 2.03. The predicted octanol–water partition coefficient (Wildman–Crippen LogP) is 1.59. The molecule has 2 aromatic rings. The smallest absolute Gasteiger partial charge is 0.259 e. The zero-order valence-electron chi connectivity index (χ0n) is 16.8. The number of nitrogens with one attached hydrogen (secondary N) is 1. The van der Waals surface area contributed by atoms with Crippen molar-refractivity contribution >= 4 is 38.3 Å². The first kappa shape index (κ1) is 21.2. The normalized spacial score (nSPS) is 13.5. The third-order valence-corrected chi connectivity index (χ3v) is 7.11. The number of hydrogen-bond acceptors (Lipinski definition) is 5. The fourth-order valence-electron chi connectivity index (χ4n) is 3.60. The number of amides is 2. The molecule has 9 heteroatoms. The Morgan fingerprint density at radius 3 is 2.55 bits per heavy atom. The number of anilines is 1. The number of hydrogen-bond donors (Lipinski definition) is 1. The van der Waals surface area contributed by atoms with Gasteiger partial charge >= 0.3 is 0 Å². The summed E-state index contributed by atoms with van der Waals surface area (Å²) in [7, 11) is -2.16. The minimum atomic E-state index is -3.70. The van der Waals surface area contributed by atoms with Crippen molar-refractivity contribution in [3.05, 3.63) is 35.9 Å². The first-order valence-corrected chi connectivity index (χ1v) is 10.9. The number of carbonyl (C=O) groups is 2. The Morgan fingerprint density at radius 1 is 1.17 bits per heavy atom. The van der Waals surface area contributed by atoms with Crippen molar-refractivity contribution in [2.24, 2.45) is 0 Å². The van der Waals surface area contributed by atoms with Gasteiger partial charge in [0.05, 0.1) is 17.2 Å². The molecule has 29 heavy (non-hydrogen) atoms. The van der Waals surface area contributed by atoms with Gasteiger partial charge in [0.2, 0.25) is 15.9 Å². The summed E-state index contributed by atoms with van der Waals surface area (Å²) in [6.45, 7) is 4.86. The van der Waals surface area contributed by atoms with Crippen molar-refractivity contribution in [2.75, 3.05) is 44.8 Å². The molecule has 0 unspecified atom stereocenters. The molecule has 0 aromatic heterocycles. The van der Waals surface area contributed by atoms with Gasteiger partial charge in [-0.25, -0.2) is 8.42 Å². The van der Waals surface area contributed by atoms with Crippen LogP contribution in [0.4, 0.5) is 5.69 Å². The summed E-state index contributed by atoms with van der Waals surface area (Å²) in [5.74, 6) is -0.624. The summed E-state index contributed by atoms with van der Waals surface area (Å²) in [5.41, 5.74) is 0.944. The average Bonchev–Trinajstić information content (AvgIpc) is 2.96. The molecule has 1 heterocycles. The van der Waals surface area contributed by atoms with Crippen LogP contribution in [0.3, 0.4) is 0 Å². The van der Waals surface area contributed by atoms with E-state index in [-0.39, 0.29) is 23.3 Å². The van der Waals surface area contributed by atoms with E-state index in [1.165, 1.54) is 22.4 Å². The summed E-state index contributed by atoms with van der Waals surface area (Å²) in [5, 5.41) is 3.75. The molecule has 0 atom stereocenters. The second-order valence-corrected chi connectivity index (χ2v) is 8.54. The molecule has 0 fully saturated rings. The highest BCUT2D eigenvalue weighted by atomic mass is 32.2. The number of sulfonamides is 1. The van der Waals surface area contributed by atoms with Gasteiger partial charge in [-0.3, -0.25) is 14.5 Å². The molecule has 8 nitrogen and oxygen atoms in total. The summed E-state index contributed by atoms with van der Waals surface area (Å²) in [6.07, 6.45) is 0. The Morgan fingerprint density at radius 2 is 1.90 bits per heavy atom. The second-order valence-electron chi connectivity index (χ2n) is 6.63. The van der Waals surface area contributed by atoms with Crippen LogP contribution in [0, 0.1) is 0 Å². The molecule has 3 rings (SSSR count). The van der Waals surface area contributed by atoms with Crippen molar-refractivity contribution < 1.29 is 22.7 Å². The largest absolute Gasteiger partial charge is 0.383 e. The highest BCUT2D eigenvalue weighted by Gasteiger charge is 2.34. The first-order chi connectivity index (χ1) is 13.9. The van der Waals surface area contributed by atoms with Gasteiger partial charge in [-0.15, -0.1) is 0 Å². The zero-order chi connectivity index (χ0) is 21.2. The Hall–Kier alpha value is -2.49. The van der Waals surface area contributed by atoms with Crippen LogP contribution in [0.5, 0.6) is 0 Å². The van der Waals surface area contributed by atoms with Gasteiger partial charge in [-0.1, -0.05) is 26.0 Å². The lowest BCUT2D eigenvalue weighted by Gasteiger charge is -2.21. The number of rotatable bonds is 9. The van der Waals surface area contributed by atoms with E-state index in [0.717, 1.165) is 0 Å². The van der Waals surface area contributed by atoms with Crippen molar-refractivity contribution in [2.45, 2.75) is 18.7 Å². The molecule has 0 spiro atoms. The maximum atomic E-state index is 13.1. The van der Waals surface area contributed by atoms with E-state index >= 15 is 0 Å². The van der Waals surface area contributed by atoms with Gasteiger partial charge in [-0.05, 0) is 18.2 Å². The van der Waals surface area contributed by atoms with Crippen LogP contribution < -0.4 is 10.2 Å². The van der Waals surface area contributed by atoms with Crippen LogP contribution >= 0.6 is 0 Å².